The number of benzene rings is 1. The van der Waals surface area contributed by atoms with E-state index < -0.39 is 17.0 Å². The van der Waals surface area contributed by atoms with Crippen LogP contribution in [0, 0.1) is 11.8 Å². The van der Waals surface area contributed by atoms with Gasteiger partial charge in [-0.05, 0) is 70.1 Å². The van der Waals surface area contributed by atoms with Gasteiger partial charge in [0.15, 0.2) is 0 Å². The summed E-state index contributed by atoms with van der Waals surface area (Å²) in [6, 6.07) is 10.2. The third-order valence-electron chi connectivity index (χ3n) is 10.2. The number of cyclic esters (lactones) is 1. The zero-order valence-corrected chi connectivity index (χ0v) is 31.7. The van der Waals surface area contributed by atoms with E-state index >= 15 is 0 Å². The van der Waals surface area contributed by atoms with Gasteiger partial charge < -0.3 is 19.7 Å². The van der Waals surface area contributed by atoms with Crippen molar-refractivity contribution in [1.29, 1.82) is 0 Å². The van der Waals surface area contributed by atoms with Gasteiger partial charge in [-0.3, -0.25) is 4.79 Å². The van der Waals surface area contributed by atoms with Gasteiger partial charge in [0.1, 0.15) is 10.9 Å². The number of esters is 1. The zero-order valence-electron chi connectivity index (χ0n) is 30.9. The molecular formula is C43H68O5S. The van der Waals surface area contributed by atoms with E-state index in [1.54, 1.807) is 11.8 Å². The first kappa shape index (κ1) is 41.6. The first-order valence-electron chi connectivity index (χ1n) is 20.0. The molecule has 1 aromatic rings. The minimum Gasteiger partial charge on any atom is -0.462 e. The molecule has 0 aliphatic carbocycles. The number of carbonyl (C=O) groups is 1. The summed E-state index contributed by atoms with van der Waals surface area (Å²) in [5.74, 6) is 6.25. The normalized spacial score (nSPS) is 23.4. The smallest absolute Gasteiger partial charge is 0.322 e. The number of hydrogen-bond acceptors (Lipinski definition) is 6. The highest BCUT2D eigenvalue weighted by atomic mass is 32.2. The van der Waals surface area contributed by atoms with Crippen molar-refractivity contribution >= 4 is 17.7 Å². The molecule has 2 fully saturated rings. The number of thioether (sulfide) groups is 1. The van der Waals surface area contributed by atoms with Crippen LogP contribution in [0.25, 0.3) is 0 Å². The van der Waals surface area contributed by atoms with Crippen LogP contribution < -0.4 is 0 Å². The molecule has 2 aliphatic heterocycles. The number of rotatable bonds is 26. The van der Waals surface area contributed by atoms with Crippen LogP contribution >= 0.6 is 11.8 Å². The van der Waals surface area contributed by atoms with Crippen LogP contribution in [0.4, 0.5) is 0 Å². The van der Waals surface area contributed by atoms with E-state index in [1.165, 1.54) is 83.5 Å². The maximum Gasteiger partial charge on any atom is 0.322 e. The van der Waals surface area contributed by atoms with Gasteiger partial charge in [0.05, 0.1) is 24.4 Å². The molecule has 3 rings (SSSR count). The molecule has 0 radical (unpaired) electrons. The van der Waals surface area contributed by atoms with Crippen molar-refractivity contribution in [2.45, 2.75) is 208 Å². The van der Waals surface area contributed by atoms with Gasteiger partial charge in [0.2, 0.25) is 0 Å². The summed E-state index contributed by atoms with van der Waals surface area (Å²) >= 11 is 1.69. The molecule has 2 heterocycles. The lowest BCUT2D eigenvalue weighted by Gasteiger charge is -2.24. The number of aliphatic hydroxyl groups is 2. The molecule has 0 aromatic heterocycles. The Balaban J connectivity index is 1.15. The summed E-state index contributed by atoms with van der Waals surface area (Å²) in [7, 11) is 0. The van der Waals surface area contributed by atoms with E-state index in [4.69, 9.17) is 9.47 Å². The Morgan fingerprint density at radius 1 is 0.837 bits per heavy atom. The zero-order chi connectivity index (χ0) is 35.0. The molecule has 276 valence electrons. The lowest BCUT2D eigenvalue weighted by Crippen LogP contribution is -2.31. The van der Waals surface area contributed by atoms with Gasteiger partial charge in [-0.15, -0.1) is 11.8 Å². The van der Waals surface area contributed by atoms with E-state index in [1.807, 2.05) is 31.2 Å². The van der Waals surface area contributed by atoms with Crippen molar-refractivity contribution in [3.8, 4) is 11.8 Å². The Labute approximate surface area is 303 Å². The second-order valence-electron chi connectivity index (χ2n) is 14.6. The predicted octanol–water partition coefficient (Wildman–Crippen LogP) is 10.9. The van der Waals surface area contributed by atoms with Gasteiger partial charge in [0, 0.05) is 17.7 Å². The van der Waals surface area contributed by atoms with Gasteiger partial charge in [-0.1, -0.05) is 139 Å². The topological polar surface area (TPSA) is 76.0 Å². The summed E-state index contributed by atoms with van der Waals surface area (Å²) in [5, 5.41) is 21.2. The Kier molecular flexibility index (Phi) is 21.4. The maximum atomic E-state index is 12.8. The van der Waals surface area contributed by atoms with Crippen LogP contribution in [0.15, 0.2) is 47.4 Å². The van der Waals surface area contributed by atoms with Crippen LogP contribution in [0.5, 0.6) is 0 Å². The quantitative estimate of drug-likeness (QED) is 0.0570. The van der Waals surface area contributed by atoms with Crippen molar-refractivity contribution in [1.82, 2.24) is 0 Å². The van der Waals surface area contributed by atoms with Gasteiger partial charge >= 0.3 is 5.97 Å². The molecule has 49 heavy (non-hydrogen) atoms. The number of unbranched alkanes of at least 4 members (excludes halogenated alkanes) is 15. The standard InChI is InChI=1S/C43H68O5S/c1-3-4-5-6-7-8-13-16-19-25-30-38(44)40-32-33-41(48-40)39(45)31-26-20-17-14-11-9-10-12-15-18-21-27-34-43(35-36(2)47-42(43)46)49-37-28-23-22-24-29-37/h11,14,22-24,28-29,36,38-41,44-45H,3-10,12-13,15-16,18-19,21,25-27,30-35H2,1-2H3/b14-11+/t36-,38+,39+,40+,41+,43?/m0/s1. The van der Waals surface area contributed by atoms with Crippen LogP contribution in [0.3, 0.4) is 0 Å². The average molecular weight is 697 g/mol. The van der Waals surface area contributed by atoms with Crippen molar-refractivity contribution in [2.75, 3.05) is 0 Å². The Morgan fingerprint density at radius 3 is 2.06 bits per heavy atom. The third-order valence-corrected chi connectivity index (χ3v) is 11.7. The van der Waals surface area contributed by atoms with Crippen LogP contribution in [-0.4, -0.2) is 51.4 Å². The third kappa shape index (κ3) is 16.9. The number of allylic oxidation sites excluding steroid dienone is 2. The molecule has 2 N–H and O–H groups in total. The first-order chi connectivity index (χ1) is 23.9. The lowest BCUT2D eigenvalue weighted by atomic mass is 9.96. The molecule has 2 aliphatic rings. The number of carbonyl (C=O) groups excluding carboxylic acids is 1. The molecule has 5 nitrogen and oxygen atoms in total. The second-order valence-corrected chi connectivity index (χ2v) is 16.1. The molecule has 6 atom stereocenters. The maximum absolute atomic E-state index is 12.8. The van der Waals surface area contributed by atoms with Crippen molar-refractivity contribution < 1.29 is 24.5 Å². The molecule has 2 saturated heterocycles. The fourth-order valence-electron chi connectivity index (χ4n) is 7.27. The predicted molar refractivity (Wildman–Crippen MR) is 205 cm³/mol. The van der Waals surface area contributed by atoms with Gasteiger partial charge in [-0.25, -0.2) is 0 Å². The van der Waals surface area contributed by atoms with E-state index in [2.05, 4.69) is 37.0 Å². The molecule has 1 aromatic carbocycles. The highest BCUT2D eigenvalue weighted by Crippen LogP contribution is 2.46. The van der Waals surface area contributed by atoms with E-state index in [-0.39, 0.29) is 24.3 Å². The van der Waals surface area contributed by atoms with E-state index in [0.717, 1.165) is 62.7 Å². The van der Waals surface area contributed by atoms with Crippen molar-refractivity contribution in [3.05, 3.63) is 42.5 Å². The van der Waals surface area contributed by atoms with Crippen molar-refractivity contribution in [3.63, 3.8) is 0 Å². The molecule has 0 spiro atoms. The second kappa shape index (κ2) is 25.2. The molecule has 0 saturated carbocycles. The fourth-order valence-corrected chi connectivity index (χ4v) is 8.71. The highest BCUT2D eigenvalue weighted by Gasteiger charge is 2.48. The molecular weight excluding hydrogens is 629 g/mol. The summed E-state index contributed by atoms with van der Waals surface area (Å²) in [4.78, 5) is 13.9. The summed E-state index contributed by atoms with van der Waals surface area (Å²) in [6.07, 6.45) is 29.3. The van der Waals surface area contributed by atoms with Crippen molar-refractivity contribution in [2.24, 2.45) is 0 Å². The van der Waals surface area contributed by atoms with E-state index in [9.17, 15) is 15.0 Å². The summed E-state index contributed by atoms with van der Waals surface area (Å²) in [5.41, 5.74) is 0. The highest BCUT2D eigenvalue weighted by molar-refractivity contribution is 8.01. The van der Waals surface area contributed by atoms with Crippen LogP contribution in [0.2, 0.25) is 0 Å². The lowest BCUT2D eigenvalue weighted by molar-refractivity contribution is -0.142. The monoisotopic (exact) mass is 696 g/mol. The van der Waals surface area contributed by atoms with E-state index in [0.29, 0.717) is 12.8 Å². The Bertz CT molecular complexity index is 1100. The van der Waals surface area contributed by atoms with Crippen LogP contribution in [-0.2, 0) is 14.3 Å². The minimum atomic E-state index is -0.517. The average Bonchev–Trinajstić information content (AvgIpc) is 3.70. The number of aliphatic hydroxyl groups excluding tert-OH is 2. The minimum absolute atomic E-state index is 0.00259. The fraction of sp³-hybridized carbons (Fsp3) is 0.744. The molecule has 0 bridgehead atoms. The summed E-state index contributed by atoms with van der Waals surface area (Å²) < 4.78 is 11.2. The Morgan fingerprint density at radius 2 is 1.43 bits per heavy atom. The number of hydrogen-bond donors (Lipinski definition) is 2. The van der Waals surface area contributed by atoms with Crippen LogP contribution in [0.1, 0.15) is 168 Å². The Hall–Kier alpha value is -1.78. The van der Waals surface area contributed by atoms with Gasteiger partial charge in [0.25, 0.3) is 0 Å². The molecule has 6 heteroatoms. The SMILES string of the molecule is CCCCCCCCCCCC[C@@H](O)[C@H]1CC[C@H]([C@H](O)CCC#C/C=C/CCCCCCCCC2(Sc3ccccc3)C[C@H](C)OC2=O)O1. The first-order valence-corrected chi connectivity index (χ1v) is 20.9. The molecule has 0 amide bonds. The van der Waals surface area contributed by atoms with Gasteiger partial charge in [-0.2, -0.15) is 0 Å². The largest absolute Gasteiger partial charge is 0.462 e. The number of ether oxygens (including phenoxy) is 2. The molecule has 1 unspecified atom stereocenters. The summed E-state index contributed by atoms with van der Waals surface area (Å²) in [6.45, 7) is 4.27.